The molecular formula is C20H38O2. The van der Waals surface area contributed by atoms with E-state index in [1.54, 1.807) is 0 Å². The summed E-state index contributed by atoms with van der Waals surface area (Å²) in [7, 11) is 0. The molecule has 2 heteroatoms. The van der Waals surface area contributed by atoms with Crippen LogP contribution in [-0.4, -0.2) is 12.6 Å². The highest BCUT2D eigenvalue weighted by Crippen LogP contribution is 2.16. The Morgan fingerprint density at radius 2 is 1.45 bits per heavy atom. The Morgan fingerprint density at radius 1 is 0.864 bits per heavy atom. The van der Waals surface area contributed by atoms with Crippen molar-refractivity contribution in [2.24, 2.45) is 5.92 Å². The molecule has 0 heterocycles. The molecule has 0 aromatic carbocycles. The molecule has 0 spiro atoms. The van der Waals surface area contributed by atoms with Gasteiger partial charge in [-0.05, 0) is 45.4 Å². The van der Waals surface area contributed by atoms with Gasteiger partial charge in [0.2, 0.25) is 0 Å². The van der Waals surface area contributed by atoms with Crippen molar-refractivity contribution in [2.75, 3.05) is 6.61 Å². The van der Waals surface area contributed by atoms with Gasteiger partial charge in [0.25, 0.3) is 0 Å². The molecule has 0 saturated carbocycles. The summed E-state index contributed by atoms with van der Waals surface area (Å²) in [4.78, 5) is 11.7. The highest BCUT2D eigenvalue weighted by atomic mass is 16.5. The summed E-state index contributed by atoms with van der Waals surface area (Å²) >= 11 is 0. The van der Waals surface area contributed by atoms with Gasteiger partial charge in [-0.1, -0.05) is 64.5 Å². The van der Waals surface area contributed by atoms with Crippen LogP contribution in [0.1, 0.15) is 97.8 Å². The molecule has 0 aromatic rings. The van der Waals surface area contributed by atoms with Crippen LogP contribution in [0.15, 0.2) is 12.2 Å². The molecule has 0 aliphatic carbocycles. The third-order valence-electron chi connectivity index (χ3n) is 4.18. The predicted molar refractivity (Wildman–Crippen MR) is 96.0 cm³/mol. The van der Waals surface area contributed by atoms with Crippen LogP contribution in [0.5, 0.6) is 0 Å². The summed E-state index contributed by atoms with van der Waals surface area (Å²) in [5.74, 6) is 0.110. The average molecular weight is 311 g/mol. The largest absolute Gasteiger partial charge is 0.466 e. The fraction of sp³-hybridized carbons (Fsp3) is 0.850. The van der Waals surface area contributed by atoms with Crippen molar-refractivity contribution in [1.29, 1.82) is 0 Å². The minimum absolute atomic E-state index is 0.00370. The maximum absolute atomic E-state index is 11.7. The quantitative estimate of drug-likeness (QED) is 0.197. The zero-order valence-corrected chi connectivity index (χ0v) is 15.2. The molecule has 22 heavy (non-hydrogen) atoms. The van der Waals surface area contributed by atoms with E-state index >= 15 is 0 Å². The summed E-state index contributed by atoms with van der Waals surface area (Å²) in [6.07, 6.45) is 19.4. The van der Waals surface area contributed by atoms with E-state index < -0.39 is 0 Å². The lowest BCUT2D eigenvalue weighted by molar-refractivity contribution is -0.148. The number of carbonyl (C=O) groups excluding carboxylic acids is 1. The summed E-state index contributed by atoms with van der Waals surface area (Å²) < 4.78 is 5.10. The summed E-state index contributed by atoms with van der Waals surface area (Å²) in [5, 5.41) is 0. The molecule has 1 unspecified atom stereocenters. The van der Waals surface area contributed by atoms with E-state index in [4.69, 9.17) is 4.74 Å². The van der Waals surface area contributed by atoms with Crippen LogP contribution in [0, 0.1) is 5.92 Å². The smallest absolute Gasteiger partial charge is 0.308 e. The first-order valence-corrected chi connectivity index (χ1v) is 9.57. The number of hydrogen-bond donors (Lipinski definition) is 0. The standard InChI is InChI=1S/C20H38O2/c1-4-7-8-9-10-11-12-13-14-15-16-17-18-19(5-2)20(21)22-6-3/h11-12,19H,4-10,13-18H2,1-3H3. The van der Waals surface area contributed by atoms with Crippen molar-refractivity contribution >= 4 is 5.97 Å². The molecule has 0 radical (unpaired) electrons. The second-order valence-corrected chi connectivity index (χ2v) is 6.17. The highest BCUT2D eigenvalue weighted by molar-refractivity contribution is 5.72. The average Bonchev–Trinajstić information content (AvgIpc) is 2.52. The summed E-state index contributed by atoms with van der Waals surface area (Å²) in [6, 6.07) is 0. The highest BCUT2D eigenvalue weighted by Gasteiger charge is 2.16. The van der Waals surface area contributed by atoms with E-state index in [1.165, 1.54) is 57.8 Å². The van der Waals surface area contributed by atoms with Gasteiger partial charge < -0.3 is 4.74 Å². The molecule has 0 amide bonds. The Hall–Kier alpha value is -0.790. The Labute approximate surface area is 138 Å². The number of hydrogen-bond acceptors (Lipinski definition) is 2. The van der Waals surface area contributed by atoms with E-state index in [2.05, 4.69) is 26.0 Å². The zero-order chi connectivity index (χ0) is 16.5. The van der Waals surface area contributed by atoms with Crippen molar-refractivity contribution in [3.05, 3.63) is 12.2 Å². The van der Waals surface area contributed by atoms with Crippen molar-refractivity contribution < 1.29 is 9.53 Å². The van der Waals surface area contributed by atoms with Gasteiger partial charge in [-0.15, -0.1) is 0 Å². The minimum atomic E-state index is -0.00370. The first kappa shape index (κ1) is 21.2. The number of esters is 1. The molecule has 0 aromatic heterocycles. The summed E-state index contributed by atoms with van der Waals surface area (Å²) in [6.45, 7) is 6.71. The topological polar surface area (TPSA) is 26.3 Å². The molecule has 0 rings (SSSR count). The maximum Gasteiger partial charge on any atom is 0.308 e. The normalized spacial score (nSPS) is 12.7. The molecule has 0 aliphatic heterocycles. The second kappa shape index (κ2) is 16.6. The van der Waals surface area contributed by atoms with Gasteiger partial charge in [0.15, 0.2) is 0 Å². The van der Waals surface area contributed by atoms with Crippen molar-refractivity contribution in [3.8, 4) is 0 Å². The van der Waals surface area contributed by atoms with Crippen LogP contribution in [0.2, 0.25) is 0 Å². The third kappa shape index (κ3) is 12.9. The number of rotatable bonds is 15. The van der Waals surface area contributed by atoms with Crippen LogP contribution in [0.4, 0.5) is 0 Å². The Morgan fingerprint density at radius 3 is 2.00 bits per heavy atom. The molecule has 0 N–H and O–H groups in total. The Balaban J connectivity index is 3.41. The van der Waals surface area contributed by atoms with Crippen LogP contribution < -0.4 is 0 Å². The van der Waals surface area contributed by atoms with Gasteiger partial charge in [-0.3, -0.25) is 4.79 Å². The molecule has 130 valence electrons. The Kier molecular flexibility index (Phi) is 16.0. The monoisotopic (exact) mass is 310 g/mol. The lowest BCUT2D eigenvalue weighted by Crippen LogP contribution is -2.16. The molecular weight excluding hydrogens is 272 g/mol. The van der Waals surface area contributed by atoms with Crippen LogP contribution >= 0.6 is 0 Å². The molecule has 0 fully saturated rings. The SMILES string of the molecule is CCCCCCC=CCCCCCCC(CC)C(=O)OCC. The number of allylic oxidation sites excluding steroid dienone is 2. The maximum atomic E-state index is 11.7. The lowest BCUT2D eigenvalue weighted by Gasteiger charge is -2.12. The fourth-order valence-electron chi connectivity index (χ4n) is 2.68. The van der Waals surface area contributed by atoms with Gasteiger partial charge in [-0.2, -0.15) is 0 Å². The van der Waals surface area contributed by atoms with E-state index in [1.807, 2.05) is 6.92 Å². The van der Waals surface area contributed by atoms with Crippen LogP contribution in [0.25, 0.3) is 0 Å². The molecule has 0 aliphatic rings. The van der Waals surface area contributed by atoms with Gasteiger partial charge in [0.05, 0.1) is 12.5 Å². The predicted octanol–water partition coefficient (Wildman–Crippen LogP) is 6.44. The van der Waals surface area contributed by atoms with Crippen LogP contribution in [-0.2, 0) is 9.53 Å². The second-order valence-electron chi connectivity index (χ2n) is 6.17. The molecule has 1 atom stereocenters. The molecule has 2 nitrogen and oxygen atoms in total. The first-order chi connectivity index (χ1) is 10.8. The molecule has 0 bridgehead atoms. The van der Waals surface area contributed by atoms with Gasteiger partial charge in [-0.25, -0.2) is 0 Å². The van der Waals surface area contributed by atoms with Crippen molar-refractivity contribution in [2.45, 2.75) is 97.8 Å². The van der Waals surface area contributed by atoms with Gasteiger partial charge in [0.1, 0.15) is 0 Å². The van der Waals surface area contributed by atoms with Gasteiger partial charge >= 0.3 is 5.97 Å². The third-order valence-corrected chi connectivity index (χ3v) is 4.18. The zero-order valence-electron chi connectivity index (χ0n) is 15.2. The van der Waals surface area contributed by atoms with Gasteiger partial charge in [0, 0.05) is 0 Å². The van der Waals surface area contributed by atoms with Crippen molar-refractivity contribution in [1.82, 2.24) is 0 Å². The van der Waals surface area contributed by atoms with E-state index in [9.17, 15) is 4.79 Å². The molecule has 0 saturated heterocycles. The first-order valence-electron chi connectivity index (χ1n) is 9.57. The number of ether oxygens (including phenoxy) is 1. The number of unbranched alkanes of at least 4 members (excludes halogenated alkanes) is 8. The van der Waals surface area contributed by atoms with Crippen LogP contribution in [0.3, 0.4) is 0 Å². The van der Waals surface area contributed by atoms with E-state index in [0.717, 1.165) is 19.3 Å². The minimum Gasteiger partial charge on any atom is -0.466 e. The van der Waals surface area contributed by atoms with Crippen molar-refractivity contribution in [3.63, 3.8) is 0 Å². The Bertz CT molecular complexity index is 271. The lowest BCUT2D eigenvalue weighted by atomic mass is 9.98. The van der Waals surface area contributed by atoms with E-state index in [0.29, 0.717) is 6.61 Å². The fourth-order valence-corrected chi connectivity index (χ4v) is 2.68. The summed E-state index contributed by atoms with van der Waals surface area (Å²) in [5.41, 5.74) is 0. The van der Waals surface area contributed by atoms with E-state index in [-0.39, 0.29) is 11.9 Å². The number of carbonyl (C=O) groups is 1.